The number of anilines is 2. The Morgan fingerprint density at radius 3 is 2.57 bits per heavy atom. The first-order valence-corrected chi connectivity index (χ1v) is 10.5. The number of ether oxygens (including phenoxy) is 1. The van der Waals surface area contributed by atoms with E-state index in [1.165, 1.54) is 0 Å². The minimum atomic E-state index is 0.578. The van der Waals surface area contributed by atoms with E-state index >= 15 is 0 Å². The minimum Gasteiger partial charge on any atom is -0.378 e. The van der Waals surface area contributed by atoms with Crippen molar-refractivity contribution in [2.45, 2.75) is 6.54 Å². The first kappa shape index (κ1) is 19.0. The average Bonchev–Trinajstić information content (AvgIpc) is 3.20. The number of hydrogen-bond acceptors (Lipinski definition) is 7. The van der Waals surface area contributed by atoms with Crippen LogP contribution in [0.15, 0.2) is 59.5 Å². The third kappa shape index (κ3) is 3.86. The molecule has 8 nitrogen and oxygen atoms in total. The summed E-state index contributed by atoms with van der Waals surface area (Å²) in [5.74, 6) is 1.59. The van der Waals surface area contributed by atoms with Gasteiger partial charge in [0.15, 0.2) is 5.65 Å². The molecule has 1 saturated heterocycles. The van der Waals surface area contributed by atoms with E-state index in [0.29, 0.717) is 19.8 Å². The smallest absolute Gasteiger partial charge is 0.225 e. The van der Waals surface area contributed by atoms with Crippen LogP contribution in [0.1, 0.15) is 5.56 Å². The molecule has 4 aromatic rings. The number of aromatic nitrogens is 5. The lowest BCUT2D eigenvalue weighted by Crippen LogP contribution is -2.37. The first-order chi connectivity index (χ1) is 14.8. The van der Waals surface area contributed by atoms with E-state index in [1.54, 1.807) is 10.7 Å². The van der Waals surface area contributed by atoms with Crippen LogP contribution in [-0.2, 0) is 11.3 Å². The fourth-order valence-electron chi connectivity index (χ4n) is 3.38. The molecule has 1 N–H and O–H groups in total. The third-order valence-electron chi connectivity index (χ3n) is 4.96. The number of nitrogens with one attached hydrogen (secondary N) is 1. The molecule has 4 heterocycles. The highest BCUT2D eigenvalue weighted by molar-refractivity contribution is 9.10. The van der Waals surface area contributed by atoms with Gasteiger partial charge in [-0.3, -0.25) is 0 Å². The molecule has 0 spiro atoms. The molecule has 0 atom stereocenters. The van der Waals surface area contributed by atoms with Crippen molar-refractivity contribution in [3.63, 3.8) is 0 Å². The van der Waals surface area contributed by atoms with Crippen molar-refractivity contribution in [3.05, 3.63) is 65.0 Å². The van der Waals surface area contributed by atoms with E-state index in [-0.39, 0.29) is 0 Å². The zero-order chi connectivity index (χ0) is 20.3. The van der Waals surface area contributed by atoms with E-state index in [2.05, 4.69) is 41.2 Å². The molecule has 0 saturated carbocycles. The summed E-state index contributed by atoms with van der Waals surface area (Å²) in [6.07, 6.45) is 5.48. The standard InChI is InChI=1S/C21H20BrN7O/c22-17-14-26-29-19(10-18(27-20(17)29)16-4-2-1-3-5-16)23-11-15-12-24-21(25-13-15)28-6-8-30-9-7-28/h1-5,10,12-14,23H,6-9,11H2. The summed E-state index contributed by atoms with van der Waals surface area (Å²) in [4.78, 5) is 15.9. The summed E-state index contributed by atoms with van der Waals surface area (Å²) in [6, 6.07) is 12.1. The molecule has 1 aromatic carbocycles. The summed E-state index contributed by atoms with van der Waals surface area (Å²) in [5, 5.41) is 7.89. The highest BCUT2D eigenvalue weighted by atomic mass is 79.9. The van der Waals surface area contributed by atoms with E-state index in [0.717, 1.165) is 51.8 Å². The Morgan fingerprint density at radius 1 is 1.03 bits per heavy atom. The van der Waals surface area contributed by atoms with Crippen molar-refractivity contribution in [2.75, 3.05) is 36.5 Å². The molecule has 5 rings (SSSR count). The molecular weight excluding hydrogens is 446 g/mol. The topological polar surface area (TPSA) is 80.5 Å². The van der Waals surface area contributed by atoms with Crippen molar-refractivity contribution in [1.82, 2.24) is 24.6 Å². The van der Waals surface area contributed by atoms with Gasteiger partial charge in [-0.15, -0.1) is 0 Å². The van der Waals surface area contributed by atoms with Crippen molar-refractivity contribution in [3.8, 4) is 11.3 Å². The molecule has 1 fully saturated rings. The Morgan fingerprint density at radius 2 is 1.80 bits per heavy atom. The molecule has 0 amide bonds. The second-order valence-electron chi connectivity index (χ2n) is 6.96. The Balaban J connectivity index is 1.38. The molecule has 0 unspecified atom stereocenters. The van der Waals surface area contributed by atoms with Gasteiger partial charge in [-0.2, -0.15) is 9.61 Å². The Bertz CT molecular complexity index is 1140. The maximum absolute atomic E-state index is 5.39. The van der Waals surface area contributed by atoms with Crippen molar-refractivity contribution >= 4 is 33.3 Å². The number of benzene rings is 1. The quantitative estimate of drug-likeness (QED) is 0.483. The van der Waals surface area contributed by atoms with Crippen LogP contribution in [0.2, 0.25) is 0 Å². The predicted molar refractivity (Wildman–Crippen MR) is 119 cm³/mol. The first-order valence-electron chi connectivity index (χ1n) is 9.75. The second-order valence-corrected chi connectivity index (χ2v) is 7.82. The Hall–Kier alpha value is -3.04. The van der Waals surface area contributed by atoms with Gasteiger partial charge in [0.05, 0.1) is 29.6 Å². The molecule has 3 aromatic heterocycles. The third-order valence-corrected chi connectivity index (χ3v) is 5.52. The molecule has 1 aliphatic heterocycles. The van der Waals surface area contributed by atoms with Gasteiger partial charge in [-0.1, -0.05) is 30.3 Å². The van der Waals surface area contributed by atoms with Crippen molar-refractivity contribution in [2.24, 2.45) is 0 Å². The van der Waals surface area contributed by atoms with Gasteiger partial charge in [0.25, 0.3) is 0 Å². The van der Waals surface area contributed by atoms with Gasteiger partial charge >= 0.3 is 0 Å². The van der Waals surface area contributed by atoms with Crippen LogP contribution < -0.4 is 10.2 Å². The maximum Gasteiger partial charge on any atom is 0.225 e. The normalized spacial score (nSPS) is 14.2. The van der Waals surface area contributed by atoms with Crippen molar-refractivity contribution < 1.29 is 4.74 Å². The summed E-state index contributed by atoms with van der Waals surface area (Å²) < 4.78 is 8.03. The van der Waals surface area contributed by atoms with Crippen LogP contribution in [-0.4, -0.2) is 50.9 Å². The number of halogens is 1. The number of hydrogen-bond donors (Lipinski definition) is 1. The van der Waals surface area contributed by atoms with Crippen LogP contribution in [0.25, 0.3) is 16.9 Å². The molecule has 152 valence electrons. The average molecular weight is 466 g/mol. The van der Waals surface area contributed by atoms with Crippen LogP contribution >= 0.6 is 15.9 Å². The summed E-state index contributed by atoms with van der Waals surface area (Å²) >= 11 is 3.54. The number of fused-ring (bicyclic) bond motifs is 1. The van der Waals surface area contributed by atoms with Crippen molar-refractivity contribution in [1.29, 1.82) is 0 Å². The van der Waals surface area contributed by atoms with E-state index in [9.17, 15) is 0 Å². The molecule has 0 aliphatic carbocycles. The summed E-state index contributed by atoms with van der Waals surface area (Å²) in [5.41, 5.74) is 3.68. The largest absolute Gasteiger partial charge is 0.378 e. The van der Waals surface area contributed by atoms with Crippen LogP contribution in [0.5, 0.6) is 0 Å². The number of nitrogens with zero attached hydrogens (tertiary/aromatic N) is 6. The summed E-state index contributed by atoms with van der Waals surface area (Å²) in [7, 11) is 0. The molecule has 0 radical (unpaired) electrons. The fraction of sp³-hybridized carbons (Fsp3) is 0.238. The van der Waals surface area contributed by atoms with Gasteiger partial charge in [0.2, 0.25) is 5.95 Å². The monoisotopic (exact) mass is 465 g/mol. The molecule has 30 heavy (non-hydrogen) atoms. The molecule has 1 aliphatic rings. The summed E-state index contributed by atoms with van der Waals surface area (Å²) in [6.45, 7) is 3.65. The number of morpholine rings is 1. The lowest BCUT2D eigenvalue weighted by atomic mass is 10.1. The lowest BCUT2D eigenvalue weighted by molar-refractivity contribution is 0.122. The number of rotatable bonds is 5. The van der Waals surface area contributed by atoms with Gasteiger partial charge in [-0.05, 0) is 15.9 Å². The lowest BCUT2D eigenvalue weighted by Gasteiger charge is -2.26. The Kier molecular flexibility index (Phi) is 5.29. The highest BCUT2D eigenvalue weighted by Gasteiger charge is 2.14. The maximum atomic E-state index is 5.39. The zero-order valence-electron chi connectivity index (χ0n) is 16.2. The highest BCUT2D eigenvalue weighted by Crippen LogP contribution is 2.26. The minimum absolute atomic E-state index is 0.578. The SMILES string of the molecule is Brc1cnn2c(NCc3cnc(N4CCOCC4)nc3)cc(-c3ccccc3)nc12. The van der Waals surface area contributed by atoms with Crippen LogP contribution in [0.4, 0.5) is 11.8 Å². The van der Waals surface area contributed by atoms with E-state index < -0.39 is 0 Å². The predicted octanol–water partition coefficient (Wildman–Crippen LogP) is 3.40. The zero-order valence-corrected chi connectivity index (χ0v) is 17.8. The van der Waals surface area contributed by atoms with E-state index in [1.807, 2.05) is 48.8 Å². The van der Waals surface area contributed by atoms with Crippen LogP contribution in [0.3, 0.4) is 0 Å². The van der Waals surface area contributed by atoms with Gasteiger partial charge in [0, 0.05) is 49.2 Å². The Labute approximate surface area is 182 Å². The van der Waals surface area contributed by atoms with Gasteiger partial charge in [-0.25, -0.2) is 15.0 Å². The van der Waals surface area contributed by atoms with E-state index in [4.69, 9.17) is 9.72 Å². The molecule has 0 bridgehead atoms. The second kappa shape index (κ2) is 8.37. The van der Waals surface area contributed by atoms with Crippen LogP contribution in [0, 0.1) is 0 Å². The molecule has 9 heteroatoms. The van der Waals surface area contributed by atoms with Gasteiger partial charge < -0.3 is 15.0 Å². The fourth-order valence-corrected chi connectivity index (χ4v) is 3.73. The van der Waals surface area contributed by atoms with Gasteiger partial charge in [0.1, 0.15) is 5.82 Å². The molecular formula is C21H20BrN7O.